The quantitative estimate of drug-likeness (QED) is 0.775. The highest BCUT2D eigenvalue weighted by Crippen LogP contribution is 2.12. The van der Waals surface area contributed by atoms with Crippen LogP contribution in [0, 0.1) is 5.82 Å². The summed E-state index contributed by atoms with van der Waals surface area (Å²) in [6.07, 6.45) is 3.25. The molecule has 0 unspecified atom stereocenters. The Labute approximate surface area is 83.0 Å². The number of anilines is 1. The number of hydrogen-bond donors (Lipinski definition) is 2. The van der Waals surface area contributed by atoms with Crippen molar-refractivity contribution in [2.24, 2.45) is 0 Å². The second kappa shape index (κ2) is 4.37. The van der Waals surface area contributed by atoms with Crippen molar-refractivity contribution >= 4 is 5.69 Å². The summed E-state index contributed by atoms with van der Waals surface area (Å²) in [5.74, 6) is -0.372. The Balaban J connectivity index is 2.43. The van der Waals surface area contributed by atoms with Gasteiger partial charge in [0, 0.05) is 12.7 Å². The molecule has 1 aromatic heterocycles. The van der Waals surface area contributed by atoms with E-state index in [-0.39, 0.29) is 5.82 Å². The van der Waals surface area contributed by atoms with Crippen LogP contribution >= 0.6 is 0 Å². The van der Waals surface area contributed by atoms with Gasteiger partial charge in [0.1, 0.15) is 0 Å². The van der Waals surface area contributed by atoms with Crippen LogP contribution in [0.1, 0.15) is 20.3 Å². The van der Waals surface area contributed by atoms with E-state index in [9.17, 15) is 9.50 Å². The van der Waals surface area contributed by atoms with Crippen molar-refractivity contribution in [1.82, 2.24) is 4.98 Å². The third-order valence-corrected chi connectivity index (χ3v) is 1.82. The normalized spacial score (nSPS) is 11.4. The summed E-state index contributed by atoms with van der Waals surface area (Å²) >= 11 is 0. The summed E-state index contributed by atoms with van der Waals surface area (Å²) in [5, 5.41) is 12.3. The smallest absolute Gasteiger partial charge is 0.164 e. The molecular weight excluding hydrogens is 183 g/mol. The van der Waals surface area contributed by atoms with Crippen molar-refractivity contribution < 1.29 is 9.50 Å². The van der Waals surface area contributed by atoms with E-state index >= 15 is 0 Å². The number of aromatic nitrogens is 1. The second-order valence-corrected chi connectivity index (χ2v) is 3.84. The Hall–Kier alpha value is -1.16. The number of rotatable bonds is 4. The molecule has 0 radical (unpaired) electrons. The molecule has 3 nitrogen and oxygen atoms in total. The second-order valence-electron chi connectivity index (χ2n) is 3.84. The van der Waals surface area contributed by atoms with Crippen LogP contribution in [0.2, 0.25) is 0 Å². The molecule has 0 aromatic carbocycles. The average molecular weight is 198 g/mol. The van der Waals surface area contributed by atoms with Gasteiger partial charge >= 0.3 is 0 Å². The SMILES string of the molecule is CC(C)(O)CCNc1ccncc1F. The Morgan fingerprint density at radius 2 is 2.29 bits per heavy atom. The molecular formula is C10H15FN2O. The van der Waals surface area contributed by atoms with Crippen molar-refractivity contribution in [1.29, 1.82) is 0 Å². The molecule has 0 atom stereocenters. The van der Waals surface area contributed by atoms with E-state index in [2.05, 4.69) is 10.3 Å². The molecule has 0 fully saturated rings. The van der Waals surface area contributed by atoms with Gasteiger partial charge in [-0.3, -0.25) is 4.98 Å². The maximum absolute atomic E-state index is 13.0. The van der Waals surface area contributed by atoms with Gasteiger partial charge in [-0.25, -0.2) is 4.39 Å². The first-order chi connectivity index (χ1) is 6.49. The molecule has 1 rings (SSSR count). The fraction of sp³-hybridized carbons (Fsp3) is 0.500. The summed E-state index contributed by atoms with van der Waals surface area (Å²) in [7, 11) is 0. The van der Waals surface area contributed by atoms with Gasteiger partial charge in [-0.15, -0.1) is 0 Å². The van der Waals surface area contributed by atoms with Gasteiger partial charge in [-0.2, -0.15) is 0 Å². The third kappa shape index (κ3) is 3.70. The van der Waals surface area contributed by atoms with E-state index < -0.39 is 5.60 Å². The molecule has 78 valence electrons. The van der Waals surface area contributed by atoms with E-state index in [4.69, 9.17) is 0 Å². The first-order valence-corrected chi connectivity index (χ1v) is 4.55. The minimum absolute atomic E-state index is 0.372. The molecule has 14 heavy (non-hydrogen) atoms. The zero-order chi connectivity index (χ0) is 10.6. The summed E-state index contributed by atoms with van der Waals surface area (Å²) in [5.41, 5.74) is -0.305. The highest BCUT2D eigenvalue weighted by Gasteiger charge is 2.11. The highest BCUT2D eigenvalue weighted by atomic mass is 19.1. The van der Waals surface area contributed by atoms with Gasteiger partial charge in [-0.05, 0) is 26.3 Å². The summed E-state index contributed by atoms with van der Waals surface area (Å²) in [4.78, 5) is 3.64. The van der Waals surface area contributed by atoms with Gasteiger partial charge in [0.2, 0.25) is 0 Å². The summed E-state index contributed by atoms with van der Waals surface area (Å²) in [6.45, 7) is 3.97. The topological polar surface area (TPSA) is 45.1 Å². The standard InChI is InChI=1S/C10H15FN2O/c1-10(2,14)4-6-13-9-3-5-12-7-8(9)11/h3,5,7,14H,4,6H2,1-2H3,(H,12,13). The van der Waals surface area contributed by atoms with Gasteiger partial charge in [0.25, 0.3) is 0 Å². The number of pyridine rings is 1. The average Bonchev–Trinajstić information content (AvgIpc) is 2.06. The van der Waals surface area contributed by atoms with Crippen molar-refractivity contribution in [2.75, 3.05) is 11.9 Å². The summed E-state index contributed by atoms with van der Waals surface area (Å²) < 4.78 is 13.0. The molecule has 0 saturated heterocycles. The maximum Gasteiger partial charge on any atom is 0.164 e. The van der Waals surface area contributed by atoms with Gasteiger partial charge < -0.3 is 10.4 Å². The molecule has 4 heteroatoms. The Morgan fingerprint density at radius 1 is 1.57 bits per heavy atom. The van der Waals surface area contributed by atoms with Crippen molar-refractivity contribution in [2.45, 2.75) is 25.9 Å². The van der Waals surface area contributed by atoms with Crippen LogP contribution in [-0.2, 0) is 0 Å². The molecule has 2 N–H and O–H groups in total. The van der Waals surface area contributed by atoms with E-state index in [1.54, 1.807) is 19.9 Å². The van der Waals surface area contributed by atoms with Gasteiger partial charge in [-0.1, -0.05) is 0 Å². The minimum Gasteiger partial charge on any atom is -0.390 e. The molecule has 1 heterocycles. The number of aliphatic hydroxyl groups is 1. The molecule has 0 aliphatic carbocycles. The molecule has 0 saturated carbocycles. The van der Waals surface area contributed by atoms with Crippen LogP contribution in [0.15, 0.2) is 18.5 Å². The lowest BCUT2D eigenvalue weighted by atomic mass is 10.1. The number of hydrogen-bond acceptors (Lipinski definition) is 3. The maximum atomic E-state index is 13.0. The highest BCUT2D eigenvalue weighted by molar-refractivity contribution is 5.42. The van der Waals surface area contributed by atoms with Crippen molar-refractivity contribution in [3.05, 3.63) is 24.3 Å². The van der Waals surface area contributed by atoms with E-state index in [0.29, 0.717) is 18.7 Å². The lowest BCUT2D eigenvalue weighted by Gasteiger charge is -2.17. The van der Waals surface area contributed by atoms with Crippen LogP contribution in [-0.4, -0.2) is 22.2 Å². The molecule has 1 aromatic rings. The fourth-order valence-electron chi connectivity index (χ4n) is 1.02. The van der Waals surface area contributed by atoms with Crippen LogP contribution in [0.4, 0.5) is 10.1 Å². The van der Waals surface area contributed by atoms with Crippen molar-refractivity contribution in [3.8, 4) is 0 Å². The molecule has 0 spiro atoms. The van der Waals surface area contributed by atoms with Crippen LogP contribution in [0.5, 0.6) is 0 Å². The van der Waals surface area contributed by atoms with Crippen molar-refractivity contribution in [3.63, 3.8) is 0 Å². The zero-order valence-corrected chi connectivity index (χ0v) is 8.42. The van der Waals surface area contributed by atoms with Crippen LogP contribution in [0.25, 0.3) is 0 Å². The Morgan fingerprint density at radius 3 is 2.86 bits per heavy atom. The molecule has 0 aliphatic rings. The van der Waals surface area contributed by atoms with Crippen LogP contribution in [0.3, 0.4) is 0 Å². The molecule has 0 amide bonds. The van der Waals surface area contributed by atoms with Gasteiger partial charge in [0.05, 0.1) is 17.5 Å². The first kappa shape index (κ1) is 10.9. The number of nitrogens with one attached hydrogen (secondary N) is 1. The molecule has 0 aliphatic heterocycles. The summed E-state index contributed by atoms with van der Waals surface area (Å²) in [6, 6.07) is 1.57. The number of halogens is 1. The Bertz CT molecular complexity index is 296. The lowest BCUT2D eigenvalue weighted by Crippen LogP contribution is -2.22. The third-order valence-electron chi connectivity index (χ3n) is 1.82. The number of nitrogens with zero attached hydrogens (tertiary/aromatic N) is 1. The van der Waals surface area contributed by atoms with E-state index in [0.717, 1.165) is 6.20 Å². The zero-order valence-electron chi connectivity index (χ0n) is 8.42. The monoisotopic (exact) mass is 198 g/mol. The lowest BCUT2D eigenvalue weighted by molar-refractivity contribution is 0.0748. The largest absolute Gasteiger partial charge is 0.390 e. The van der Waals surface area contributed by atoms with E-state index in [1.807, 2.05) is 0 Å². The Kier molecular flexibility index (Phi) is 3.41. The fourth-order valence-corrected chi connectivity index (χ4v) is 1.02. The predicted molar refractivity (Wildman–Crippen MR) is 53.6 cm³/mol. The first-order valence-electron chi connectivity index (χ1n) is 4.55. The predicted octanol–water partition coefficient (Wildman–Crippen LogP) is 1.79. The van der Waals surface area contributed by atoms with Crippen LogP contribution < -0.4 is 5.32 Å². The molecule has 0 bridgehead atoms. The minimum atomic E-state index is -0.726. The van der Waals surface area contributed by atoms with E-state index in [1.165, 1.54) is 6.20 Å². The van der Waals surface area contributed by atoms with Gasteiger partial charge in [0.15, 0.2) is 5.82 Å².